The van der Waals surface area contributed by atoms with Gasteiger partial charge in [0, 0.05) is 0 Å². The molecule has 0 heterocycles. The first kappa shape index (κ1) is 14.7. The summed E-state index contributed by atoms with van der Waals surface area (Å²) < 4.78 is 33.8. The van der Waals surface area contributed by atoms with Gasteiger partial charge in [0.15, 0.2) is 11.5 Å². The van der Waals surface area contributed by atoms with Crippen LogP contribution in [0.4, 0.5) is 8.78 Å². The van der Waals surface area contributed by atoms with Crippen molar-refractivity contribution in [2.75, 3.05) is 7.11 Å². The Bertz CT molecular complexity index is 380. The summed E-state index contributed by atoms with van der Waals surface area (Å²) in [5.41, 5.74) is 0.542. The van der Waals surface area contributed by atoms with E-state index in [-0.39, 0.29) is 11.5 Å². The monoisotopic (exact) mass is 260 g/mol. The lowest BCUT2D eigenvalue weighted by Crippen LogP contribution is -2.06. The zero-order chi connectivity index (χ0) is 13.7. The Hall–Kier alpha value is -1.36. The predicted octanol–water partition coefficient (Wildman–Crippen LogP) is 3.38. The molecule has 3 nitrogen and oxygen atoms in total. The normalized spacial score (nSPS) is 12.9. The van der Waals surface area contributed by atoms with E-state index < -0.39 is 12.7 Å². The Labute approximate surface area is 105 Å². The molecule has 1 N–H and O–H groups in total. The highest BCUT2D eigenvalue weighted by molar-refractivity contribution is 5.43. The summed E-state index contributed by atoms with van der Waals surface area (Å²) in [5, 5.41) is 9.93. The molecule has 0 aliphatic carbocycles. The third-order valence-electron chi connectivity index (χ3n) is 2.48. The minimum Gasteiger partial charge on any atom is -0.493 e. The van der Waals surface area contributed by atoms with Crippen LogP contribution in [0.15, 0.2) is 18.2 Å². The highest BCUT2D eigenvalue weighted by Gasteiger charge is 2.15. The van der Waals surface area contributed by atoms with E-state index in [2.05, 4.69) is 4.74 Å². The topological polar surface area (TPSA) is 38.7 Å². The SMILES string of the molecule is COc1ccc(C(O)CC(C)C)cc1OC(F)F. The first-order valence-corrected chi connectivity index (χ1v) is 5.74. The molecule has 0 aliphatic rings. The molecule has 1 aromatic rings. The van der Waals surface area contributed by atoms with Crippen molar-refractivity contribution in [3.8, 4) is 11.5 Å². The fraction of sp³-hybridized carbons (Fsp3) is 0.538. The van der Waals surface area contributed by atoms with Crippen molar-refractivity contribution in [3.63, 3.8) is 0 Å². The Morgan fingerprint density at radius 2 is 1.89 bits per heavy atom. The number of hydrogen-bond donors (Lipinski definition) is 1. The van der Waals surface area contributed by atoms with E-state index in [4.69, 9.17) is 4.74 Å². The van der Waals surface area contributed by atoms with E-state index in [0.717, 1.165) is 0 Å². The summed E-state index contributed by atoms with van der Waals surface area (Å²) in [6.07, 6.45) is -0.142. The van der Waals surface area contributed by atoms with Crippen LogP contribution in [0.3, 0.4) is 0 Å². The second kappa shape index (κ2) is 6.54. The lowest BCUT2D eigenvalue weighted by molar-refractivity contribution is -0.0513. The molecule has 1 atom stereocenters. The minimum atomic E-state index is -2.92. The van der Waals surface area contributed by atoms with Crippen molar-refractivity contribution in [1.29, 1.82) is 0 Å². The van der Waals surface area contributed by atoms with Crippen LogP contribution >= 0.6 is 0 Å². The fourth-order valence-corrected chi connectivity index (χ4v) is 1.67. The van der Waals surface area contributed by atoms with Crippen molar-refractivity contribution < 1.29 is 23.4 Å². The van der Waals surface area contributed by atoms with Crippen LogP contribution < -0.4 is 9.47 Å². The van der Waals surface area contributed by atoms with Gasteiger partial charge in [-0.25, -0.2) is 0 Å². The molecule has 5 heteroatoms. The van der Waals surface area contributed by atoms with Gasteiger partial charge >= 0.3 is 6.61 Å². The molecule has 0 fully saturated rings. The number of ether oxygens (including phenoxy) is 2. The van der Waals surface area contributed by atoms with Crippen molar-refractivity contribution in [1.82, 2.24) is 0 Å². The number of aliphatic hydroxyl groups excluding tert-OH is 1. The summed E-state index contributed by atoms with van der Waals surface area (Å²) in [6, 6.07) is 4.54. The van der Waals surface area contributed by atoms with Crippen LogP contribution in [-0.2, 0) is 0 Å². The zero-order valence-corrected chi connectivity index (χ0v) is 10.7. The molecule has 0 bridgehead atoms. The molecule has 0 spiro atoms. The highest BCUT2D eigenvalue weighted by atomic mass is 19.3. The molecular weight excluding hydrogens is 242 g/mol. The lowest BCUT2D eigenvalue weighted by atomic mass is 9.99. The maximum atomic E-state index is 12.2. The minimum absolute atomic E-state index is 0.0622. The quantitative estimate of drug-likeness (QED) is 0.852. The molecule has 18 heavy (non-hydrogen) atoms. The second-order valence-corrected chi connectivity index (χ2v) is 4.43. The first-order chi connectivity index (χ1) is 8.43. The van der Waals surface area contributed by atoms with Crippen molar-refractivity contribution in [2.24, 2.45) is 5.92 Å². The average molecular weight is 260 g/mol. The number of rotatable bonds is 6. The van der Waals surface area contributed by atoms with Crippen LogP contribution in [0.25, 0.3) is 0 Å². The number of hydrogen-bond acceptors (Lipinski definition) is 3. The van der Waals surface area contributed by atoms with Gasteiger partial charge in [-0.2, -0.15) is 8.78 Å². The van der Waals surface area contributed by atoms with Gasteiger partial charge in [-0.3, -0.25) is 0 Å². The Morgan fingerprint density at radius 1 is 1.22 bits per heavy atom. The summed E-state index contributed by atoms with van der Waals surface area (Å²) in [6.45, 7) is 1.03. The van der Waals surface area contributed by atoms with Crippen molar-refractivity contribution >= 4 is 0 Å². The molecular formula is C13H18F2O3. The maximum absolute atomic E-state index is 12.2. The van der Waals surface area contributed by atoms with Gasteiger partial charge in [-0.05, 0) is 30.0 Å². The van der Waals surface area contributed by atoms with Crippen molar-refractivity contribution in [3.05, 3.63) is 23.8 Å². The Balaban J connectivity index is 2.94. The second-order valence-electron chi connectivity index (χ2n) is 4.43. The van der Waals surface area contributed by atoms with E-state index in [1.807, 2.05) is 13.8 Å². The van der Waals surface area contributed by atoms with Gasteiger partial charge < -0.3 is 14.6 Å². The van der Waals surface area contributed by atoms with Gasteiger partial charge in [-0.1, -0.05) is 19.9 Å². The molecule has 0 amide bonds. The van der Waals surface area contributed by atoms with Gasteiger partial charge in [0.2, 0.25) is 0 Å². The molecule has 0 radical (unpaired) electrons. The number of benzene rings is 1. The van der Waals surface area contributed by atoms with E-state index in [1.54, 1.807) is 6.07 Å². The predicted molar refractivity (Wildman–Crippen MR) is 64.0 cm³/mol. The largest absolute Gasteiger partial charge is 0.493 e. The molecule has 0 saturated heterocycles. The summed E-state index contributed by atoms with van der Waals surface area (Å²) >= 11 is 0. The van der Waals surface area contributed by atoms with E-state index >= 15 is 0 Å². The van der Waals surface area contributed by atoms with Crippen LogP contribution in [-0.4, -0.2) is 18.8 Å². The van der Waals surface area contributed by atoms with Gasteiger partial charge in [0.25, 0.3) is 0 Å². The van der Waals surface area contributed by atoms with Crippen LogP contribution in [0, 0.1) is 5.92 Å². The fourth-order valence-electron chi connectivity index (χ4n) is 1.67. The van der Waals surface area contributed by atoms with Crippen LogP contribution in [0.1, 0.15) is 31.9 Å². The highest BCUT2D eigenvalue weighted by Crippen LogP contribution is 2.33. The summed E-state index contributed by atoms with van der Waals surface area (Å²) in [4.78, 5) is 0. The van der Waals surface area contributed by atoms with Crippen LogP contribution in [0.5, 0.6) is 11.5 Å². The third-order valence-corrected chi connectivity index (χ3v) is 2.48. The standard InChI is InChI=1S/C13H18F2O3/c1-8(2)6-10(16)9-4-5-11(17-3)12(7-9)18-13(14)15/h4-5,7-8,10,13,16H,6H2,1-3H3. The number of halogens is 2. The van der Waals surface area contributed by atoms with E-state index in [1.165, 1.54) is 19.2 Å². The Kier molecular flexibility index (Phi) is 5.34. The molecule has 1 aromatic carbocycles. The summed E-state index contributed by atoms with van der Waals surface area (Å²) in [7, 11) is 1.37. The third kappa shape index (κ3) is 4.14. The summed E-state index contributed by atoms with van der Waals surface area (Å²) in [5.74, 6) is 0.463. The number of methoxy groups -OCH3 is 1. The van der Waals surface area contributed by atoms with Crippen molar-refractivity contribution in [2.45, 2.75) is 33.0 Å². The average Bonchev–Trinajstić information content (AvgIpc) is 2.27. The molecule has 0 aliphatic heterocycles. The number of aliphatic hydroxyl groups is 1. The molecule has 1 rings (SSSR count). The molecule has 102 valence electrons. The zero-order valence-electron chi connectivity index (χ0n) is 10.7. The molecule has 0 saturated carbocycles. The van der Waals surface area contributed by atoms with Gasteiger partial charge in [0.05, 0.1) is 13.2 Å². The van der Waals surface area contributed by atoms with E-state index in [0.29, 0.717) is 17.9 Å². The van der Waals surface area contributed by atoms with Crippen LogP contribution in [0.2, 0.25) is 0 Å². The molecule has 0 aromatic heterocycles. The Morgan fingerprint density at radius 3 is 2.39 bits per heavy atom. The lowest BCUT2D eigenvalue weighted by Gasteiger charge is -2.16. The molecule has 1 unspecified atom stereocenters. The van der Waals surface area contributed by atoms with Gasteiger partial charge in [0.1, 0.15) is 0 Å². The first-order valence-electron chi connectivity index (χ1n) is 5.74. The maximum Gasteiger partial charge on any atom is 0.387 e. The van der Waals surface area contributed by atoms with Gasteiger partial charge in [-0.15, -0.1) is 0 Å². The van der Waals surface area contributed by atoms with E-state index in [9.17, 15) is 13.9 Å². The number of alkyl halides is 2. The smallest absolute Gasteiger partial charge is 0.387 e.